The molecule has 0 atom stereocenters. The third-order valence-corrected chi connectivity index (χ3v) is 3.24. The summed E-state index contributed by atoms with van der Waals surface area (Å²) < 4.78 is 11.7. The Morgan fingerprint density at radius 2 is 2.11 bits per heavy atom. The van der Waals surface area contributed by atoms with Crippen molar-refractivity contribution in [3.8, 4) is 5.75 Å². The van der Waals surface area contributed by atoms with Crippen LogP contribution in [0.15, 0.2) is 39.2 Å². The van der Waals surface area contributed by atoms with Crippen molar-refractivity contribution in [2.75, 3.05) is 6.61 Å². The molecule has 0 saturated carbocycles. The lowest BCUT2D eigenvalue weighted by Gasteiger charge is -2.07. The number of hydrogen-bond donors (Lipinski definition) is 0. The van der Waals surface area contributed by atoms with E-state index in [2.05, 4.69) is 15.9 Å². The second kappa shape index (κ2) is 6.06. The highest BCUT2D eigenvalue weighted by molar-refractivity contribution is 9.10. The van der Waals surface area contributed by atoms with Gasteiger partial charge in [-0.3, -0.25) is 4.79 Å². The number of carbonyl (C=O) groups excluding carboxylic acids is 1. The van der Waals surface area contributed by atoms with E-state index in [0.29, 0.717) is 17.9 Å². The molecular formula is C15H15BrO3. The molecule has 1 aromatic carbocycles. The average Bonchev–Trinajstić information content (AvgIpc) is 2.83. The maximum atomic E-state index is 12.2. The molecule has 4 heteroatoms. The van der Waals surface area contributed by atoms with Crippen molar-refractivity contribution in [1.29, 1.82) is 0 Å². The normalized spacial score (nSPS) is 10.5. The van der Waals surface area contributed by atoms with Gasteiger partial charge in [-0.25, -0.2) is 0 Å². The molecule has 0 fully saturated rings. The van der Waals surface area contributed by atoms with Crippen molar-refractivity contribution in [3.05, 3.63) is 51.9 Å². The third-order valence-electron chi connectivity index (χ3n) is 2.62. The topological polar surface area (TPSA) is 39.4 Å². The predicted octanol–water partition coefficient (Wildman–Crippen LogP) is 4.37. The van der Waals surface area contributed by atoms with E-state index in [1.165, 1.54) is 0 Å². The van der Waals surface area contributed by atoms with Crippen molar-refractivity contribution >= 4 is 21.7 Å². The van der Waals surface area contributed by atoms with E-state index in [4.69, 9.17) is 9.15 Å². The van der Waals surface area contributed by atoms with Gasteiger partial charge in [-0.2, -0.15) is 0 Å². The van der Waals surface area contributed by atoms with Crippen LogP contribution >= 0.6 is 15.9 Å². The van der Waals surface area contributed by atoms with E-state index in [1.54, 1.807) is 30.3 Å². The molecule has 0 aliphatic carbocycles. The molecule has 0 amide bonds. The number of carbonyl (C=O) groups is 1. The van der Waals surface area contributed by atoms with E-state index < -0.39 is 0 Å². The van der Waals surface area contributed by atoms with E-state index in [0.717, 1.165) is 22.4 Å². The van der Waals surface area contributed by atoms with E-state index in [9.17, 15) is 4.79 Å². The minimum absolute atomic E-state index is 0.129. The molecule has 19 heavy (non-hydrogen) atoms. The van der Waals surface area contributed by atoms with Crippen molar-refractivity contribution in [3.63, 3.8) is 0 Å². The smallest absolute Gasteiger partial charge is 0.228 e. The van der Waals surface area contributed by atoms with Gasteiger partial charge in [0.25, 0.3) is 0 Å². The van der Waals surface area contributed by atoms with Crippen LogP contribution in [0.25, 0.3) is 0 Å². The van der Waals surface area contributed by atoms with Crippen LogP contribution in [0.2, 0.25) is 0 Å². The summed E-state index contributed by atoms with van der Waals surface area (Å²) in [5.74, 6) is 1.70. The fourth-order valence-electron chi connectivity index (χ4n) is 1.67. The SMILES string of the molecule is CCCOc1ccc(C(=O)c2ccc(C)o2)cc1Br. The Bertz CT molecular complexity index is 587. The molecule has 2 rings (SSSR count). The zero-order valence-electron chi connectivity index (χ0n) is 10.9. The van der Waals surface area contributed by atoms with Crippen molar-refractivity contribution < 1.29 is 13.9 Å². The van der Waals surface area contributed by atoms with Crippen molar-refractivity contribution in [1.82, 2.24) is 0 Å². The first-order valence-corrected chi connectivity index (χ1v) is 6.94. The summed E-state index contributed by atoms with van der Waals surface area (Å²) in [5, 5.41) is 0. The van der Waals surface area contributed by atoms with Gasteiger partial charge < -0.3 is 9.15 Å². The summed E-state index contributed by atoms with van der Waals surface area (Å²) in [7, 11) is 0. The van der Waals surface area contributed by atoms with Crippen molar-refractivity contribution in [2.24, 2.45) is 0 Å². The Labute approximate surface area is 120 Å². The molecule has 0 aliphatic rings. The fourth-order valence-corrected chi connectivity index (χ4v) is 2.16. The number of halogens is 1. The molecule has 0 spiro atoms. The van der Waals surface area contributed by atoms with Crippen LogP contribution in [0.3, 0.4) is 0 Å². The Morgan fingerprint density at radius 1 is 1.32 bits per heavy atom. The quantitative estimate of drug-likeness (QED) is 0.767. The molecule has 0 unspecified atom stereocenters. The average molecular weight is 323 g/mol. The first kappa shape index (κ1) is 13.9. The van der Waals surface area contributed by atoms with Crippen LogP contribution in [0.5, 0.6) is 5.75 Å². The second-order valence-electron chi connectivity index (χ2n) is 4.23. The van der Waals surface area contributed by atoms with Gasteiger partial charge in [-0.1, -0.05) is 6.92 Å². The molecule has 3 nitrogen and oxygen atoms in total. The third kappa shape index (κ3) is 3.26. The van der Waals surface area contributed by atoms with Gasteiger partial charge in [0, 0.05) is 5.56 Å². The molecule has 0 N–H and O–H groups in total. The Morgan fingerprint density at radius 3 is 2.68 bits per heavy atom. The predicted molar refractivity (Wildman–Crippen MR) is 76.8 cm³/mol. The summed E-state index contributed by atoms with van der Waals surface area (Å²) in [6, 6.07) is 8.76. The van der Waals surface area contributed by atoms with E-state index in [1.807, 2.05) is 13.8 Å². The fraction of sp³-hybridized carbons (Fsp3) is 0.267. The molecule has 0 saturated heterocycles. The highest BCUT2D eigenvalue weighted by Gasteiger charge is 2.14. The molecule has 2 aromatic rings. The van der Waals surface area contributed by atoms with E-state index in [-0.39, 0.29) is 5.78 Å². The lowest BCUT2D eigenvalue weighted by molar-refractivity contribution is 0.101. The highest BCUT2D eigenvalue weighted by atomic mass is 79.9. The molecule has 1 heterocycles. The minimum Gasteiger partial charge on any atom is -0.492 e. The summed E-state index contributed by atoms with van der Waals surface area (Å²) in [6.07, 6.45) is 0.943. The first-order valence-electron chi connectivity index (χ1n) is 6.15. The monoisotopic (exact) mass is 322 g/mol. The number of ether oxygens (including phenoxy) is 1. The van der Waals surface area contributed by atoms with Crippen LogP contribution in [0.1, 0.15) is 35.2 Å². The second-order valence-corrected chi connectivity index (χ2v) is 5.09. The van der Waals surface area contributed by atoms with Crippen LogP contribution in [0, 0.1) is 6.92 Å². The number of rotatable bonds is 5. The summed E-state index contributed by atoms with van der Waals surface area (Å²) in [4.78, 5) is 12.2. The molecule has 100 valence electrons. The summed E-state index contributed by atoms with van der Waals surface area (Å²) >= 11 is 3.42. The molecule has 1 aromatic heterocycles. The number of benzene rings is 1. The Balaban J connectivity index is 2.22. The first-order chi connectivity index (χ1) is 9.11. The van der Waals surface area contributed by atoms with Crippen LogP contribution in [0.4, 0.5) is 0 Å². The van der Waals surface area contributed by atoms with E-state index >= 15 is 0 Å². The zero-order chi connectivity index (χ0) is 13.8. The molecular weight excluding hydrogens is 308 g/mol. The number of furan rings is 1. The maximum Gasteiger partial charge on any atom is 0.228 e. The number of aryl methyl sites for hydroxylation is 1. The van der Waals surface area contributed by atoms with Gasteiger partial charge in [0.15, 0.2) is 5.76 Å². The van der Waals surface area contributed by atoms with Crippen LogP contribution in [-0.4, -0.2) is 12.4 Å². The maximum absolute atomic E-state index is 12.2. The zero-order valence-corrected chi connectivity index (χ0v) is 12.5. The summed E-state index contributed by atoms with van der Waals surface area (Å²) in [5.41, 5.74) is 0.574. The minimum atomic E-state index is -0.129. The molecule has 0 bridgehead atoms. The van der Waals surface area contributed by atoms with Gasteiger partial charge >= 0.3 is 0 Å². The van der Waals surface area contributed by atoms with Gasteiger partial charge in [0.2, 0.25) is 5.78 Å². The lowest BCUT2D eigenvalue weighted by Crippen LogP contribution is -2.01. The molecule has 0 radical (unpaired) electrons. The Kier molecular flexibility index (Phi) is 4.43. The largest absolute Gasteiger partial charge is 0.492 e. The highest BCUT2D eigenvalue weighted by Crippen LogP contribution is 2.27. The van der Waals surface area contributed by atoms with Crippen LogP contribution < -0.4 is 4.74 Å². The summed E-state index contributed by atoms with van der Waals surface area (Å²) in [6.45, 7) is 4.52. The van der Waals surface area contributed by atoms with Gasteiger partial charge in [0.05, 0.1) is 11.1 Å². The standard InChI is InChI=1S/C15H15BrO3/c1-3-8-18-13-7-5-11(9-12(13)16)15(17)14-6-4-10(2)19-14/h4-7,9H,3,8H2,1-2H3. The Hall–Kier alpha value is -1.55. The lowest BCUT2D eigenvalue weighted by atomic mass is 10.1. The van der Waals surface area contributed by atoms with Gasteiger partial charge in [-0.15, -0.1) is 0 Å². The van der Waals surface area contributed by atoms with Gasteiger partial charge in [0.1, 0.15) is 11.5 Å². The van der Waals surface area contributed by atoms with Crippen molar-refractivity contribution in [2.45, 2.75) is 20.3 Å². The number of ketones is 1. The van der Waals surface area contributed by atoms with Gasteiger partial charge in [-0.05, 0) is 59.6 Å². The number of hydrogen-bond acceptors (Lipinski definition) is 3. The molecule has 0 aliphatic heterocycles. The van der Waals surface area contributed by atoms with Crippen LogP contribution in [-0.2, 0) is 0 Å².